The zero-order chi connectivity index (χ0) is 19.8. The number of ether oxygens (including phenoxy) is 2. The van der Waals surface area contributed by atoms with Gasteiger partial charge in [-0.3, -0.25) is 0 Å². The van der Waals surface area contributed by atoms with Crippen molar-refractivity contribution >= 4 is 21.8 Å². The van der Waals surface area contributed by atoms with Crippen molar-refractivity contribution in [2.75, 3.05) is 32.1 Å². The fourth-order valence-electron chi connectivity index (χ4n) is 2.84. The first kappa shape index (κ1) is 21.0. The molecular formula is C20H26N2O4S2. The van der Waals surface area contributed by atoms with Crippen LogP contribution in [0.3, 0.4) is 0 Å². The topological polar surface area (TPSA) is 68.7 Å². The number of hydrogen-bond donors (Lipinski definition) is 0. The molecular weight excluding hydrogens is 396 g/mol. The van der Waals surface area contributed by atoms with Crippen molar-refractivity contribution in [3.8, 4) is 11.5 Å². The highest BCUT2D eigenvalue weighted by Gasteiger charge is 2.27. The molecule has 0 amide bonds. The molecule has 152 valence electrons. The Balaban J connectivity index is 1.44. The number of nitrogens with zero attached hydrogens (tertiary/aromatic N) is 2. The van der Waals surface area contributed by atoms with Crippen LogP contribution in [-0.2, 0) is 10.0 Å². The summed E-state index contributed by atoms with van der Waals surface area (Å²) >= 11 is 1.54. The highest BCUT2D eigenvalue weighted by Crippen LogP contribution is 2.23. The van der Waals surface area contributed by atoms with E-state index >= 15 is 0 Å². The molecule has 1 fully saturated rings. The summed E-state index contributed by atoms with van der Waals surface area (Å²) in [7, 11) is -3.40. The van der Waals surface area contributed by atoms with Gasteiger partial charge >= 0.3 is 0 Å². The van der Waals surface area contributed by atoms with E-state index in [4.69, 9.17) is 9.47 Å². The second-order valence-electron chi connectivity index (χ2n) is 6.46. The highest BCUT2D eigenvalue weighted by molar-refractivity contribution is 7.99. The molecule has 2 heterocycles. The quantitative estimate of drug-likeness (QED) is 0.428. The van der Waals surface area contributed by atoms with E-state index in [1.807, 2.05) is 24.3 Å². The number of benzene rings is 1. The summed E-state index contributed by atoms with van der Waals surface area (Å²) in [6.07, 6.45) is 4.28. The van der Waals surface area contributed by atoms with E-state index in [1.54, 1.807) is 12.1 Å². The number of sulfonamides is 1. The number of pyridine rings is 1. The maximum absolute atomic E-state index is 12.5. The Morgan fingerprint density at radius 2 is 1.64 bits per heavy atom. The Bertz CT molecular complexity index is 834. The summed E-state index contributed by atoms with van der Waals surface area (Å²) in [5, 5.41) is 0.785. The van der Waals surface area contributed by atoms with Crippen LogP contribution in [0.15, 0.2) is 52.5 Å². The molecule has 8 heteroatoms. The summed E-state index contributed by atoms with van der Waals surface area (Å²) < 4.78 is 37.8. The fourth-order valence-corrected chi connectivity index (χ4v) is 4.97. The second kappa shape index (κ2) is 10.1. The van der Waals surface area contributed by atoms with Crippen molar-refractivity contribution in [3.05, 3.63) is 42.6 Å². The third kappa shape index (κ3) is 5.62. The lowest BCUT2D eigenvalue weighted by Gasteiger charge is -2.15. The number of aromatic nitrogens is 1. The van der Waals surface area contributed by atoms with Crippen molar-refractivity contribution in [1.82, 2.24) is 9.29 Å². The lowest BCUT2D eigenvalue weighted by Crippen LogP contribution is -2.27. The molecule has 1 aromatic heterocycles. The Hall–Kier alpha value is -1.77. The van der Waals surface area contributed by atoms with Crippen LogP contribution >= 0.6 is 11.8 Å². The van der Waals surface area contributed by atoms with Gasteiger partial charge in [-0.25, -0.2) is 13.4 Å². The first-order chi connectivity index (χ1) is 13.6. The minimum absolute atomic E-state index is 0.264. The Labute approximate surface area is 171 Å². The molecule has 0 N–H and O–H groups in total. The molecule has 0 spiro atoms. The van der Waals surface area contributed by atoms with E-state index < -0.39 is 10.0 Å². The average molecular weight is 423 g/mol. The largest absolute Gasteiger partial charge is 0.494 e. The van der Waals surface area contributed by atoms with Crippen LogP contribution < -0.4 is 9.47 Å². The second-order valence-corrected chi connectivity index (χ2v) is 9.51. The van der Waals surface area contributed by atoms with Gasteiger partial charge in [-0.15, -0.1) is 11.8 Å². The zero-order valence-electron chi connectivity index (χ0n) is 16.0. The summed E-state index contributed by atoms with van der Waals surface area (Å²) in [6.45, 7) is 4.52. The molecule has 6 nitrogen and oxygen atoms in total. The summed E-state index contributed by atoms with van der Waals surface area (Å²) in [5.74, 6) is 2.36. The van der Waals surface area contributed by atoms with Gasteiger partial charge in [0.2, 0.25) is 10.0 Å². The SMILES string of the molecule is CCCOc1ccc(OCCSc2ccc(S(=O)(=O)N3CCCC3)cn2)cc1. The fraction of sp³-hybridized carbons (Fsp3) is 0.450. The maximum atomic E-state index is 12.5. The van der Waals surface area contributed by atoms with E-state index in [2.05, 4.69) is 11.9 Å². The third-order valence-corrected chi connectivity index (χ3v) is 7.10. The van der Waals surface area contributed by atoms with E-state index in [9.17, 15) is 8.42 Å². The van der Waals surface area contributed by atoms with Crippen LogP contribution in [0.4, 0.5) is 0 Å². The number of hydrogen-bond acceptors (Lipinski definition) is 6. The first-order valence-corrected chi connectivity index (χ1v) is 12.0. The predicted octanol–water partition coefficient (Wildman–Crippen LogP) is 3.83. The Morgan fingerprint density at radius 1 is 1.00 bits per heavy atom. The van der Waals surface area contributed by atoms with Crippen molar-refractivity contribution in [2.45, 2.75) is 36.1 Å². The van der Waals surface area contributed by atoms with Crippen LogP contribution in [0.25, 0.3) is 0 Å². The van der Waals surface area contributed by atoms with Gasteiger partial charge in [-0.1, -0.05) is 6.92 Å². The van der Waals surface area contributed by atoms with Crippen LogP contribution in [0, 0.1) is 0 Å². The van der Waals surface area contributed by atoms with Gasteiger partial charge < -0.3 is 9.47 Å². The van der Waals surface area contributed by atoms with Gasteiger partial charge in [0.25, 0.3) is 0 Å². The molecule has 1 saturated heterocycles. The normalized spacial score (nSPS) is 14.9. The number of thioether (sulfide) groups is 1. The van der Waals surface area contributed by atoms with E-state index in [-0.39, 0.29) is 4.90 Å². The van der Waals surface area contributed by atoms with Crippen molar-refractivity contribution < 1.29 is 17.9 Å². The van der Waals surface area contributed by atoms with Gasteiger partial charge in [0, 0.05) is 25.0 Å². The third-order valence-electron chi connectivity index (χ3n) is 4.31. The Kier molecular flexibility index (Phi) is 7.58. The van der Waals surface area contributed by atoms with Gasteiger partial charge in [0.15, 0.2) is 0 Å². The molecule has 0 bridgehead atoms. The first-order valence-electron chi connectivity index (χ1n) is 9.54. The minimum Gasteiger partial charge on any atom is -0.494 e. The van der Waals surface area contributed by atoms with Crippen LogP contribution in [0.5, 0.6) is 11.5 Å². The van der Waals surface area contributed by atoms with E-state index in [0.29, 0.717) is 26.3 Å². The van der Waals surface area contributed by atoms with E-state index in [1.165, 1.54) is 22.3 Å². The Morgan fingerprint density at radius 3 is 2.21 bits per heavy atom. The summed E-state index contributed by atoms with van der Waals surface area (Å²) in [5.41, 5.74) is 0. The van der Waals surface area contributed by atoms with Crippen LogP contribution in [0.1, 0.15) is 26.2 Å². The summed E-state index contributed by atoms with van der Waals surface area (Å²) in [4.78, 5) is 4.55. The maximum Gasteiger partial charge on any atom is 0.244 e. The zero-order valence-corrected chi connectivity index (χ0v) is 17.7. The molecule has 0 saturated carbocycles. The van der Waals surface area contributed by atoms with Crippen molar-refractivity contribution in [3.63, 3.8) is 0 Å². The van der Waals surface area contributed by atoms with Gasteiger partial charge in [0.1, 0.15) is 16.4 Å². The molecule has 28 heavy (non-hydrogen) atoms. The summed E-state index contributed by atoms with van der Waals surface area (Å²) in [6, 6.07) is 11.0. The minimum atomic E-state index is -3.40. The molecule has 0 unspecified atom stereocenters. The molecule has 0 atom stereocenters. The monoisotopic (exact) mass is 422 g/mol. The predicted molar refractivity (Wildman–Crippen MR) is 111 cm³/mol. The van der Waals surface area contributed by atoms with E-state index in [0.717, 1.165) is 41.5 Å². The molecule has 3 rings (SSSR count). The molecule has 2 aromatic rings. The average Bonchev–Trinajstić information content (AvgIpc) is 3.27. The van der Waals surface area contributed by atoms with Gasteiger partial charge in [0.05, 0.1) is 18.2 Å². The standard InChI is InChI=1S/C20H26N2O4S2/c1-2-13-25-17-5-7-18(8-6-17)26-14-15-27-20-10-9-19(16-21-20)28(23,24)22-11-3-4-12-22/h5-10,16H,2-4,11-15H2,1H3. The lowest BCUT2D eigenvalue weighted by molar-refractivity contribution is 0.314. The molecule has 1 aliphatic rings. The lowest BCUT2D eigenvalue weighted by atomic mass is 10.3. The van der Waals surface area contributed by atoms with Gasteiger partial charge in [-0.05, 0) is 55.7 Å². The number of rotatable bonds is 10. The molecule has 0 aliphatic carbocycles. The smallest absolute Gasteiger partial charge is 0.244 e. The van der Waals surface area contributed by atoms with Crippen molar-refractivity contribution in [1.29, 1.82) is 0 Å². The molecule has 1 aromatic carbocycles. The van der Waals surface area contributed by atoms with Crippen LogP contribution in [0.2, 0.25) is 0 Å². The van der Waals surface area contributed by atoms with Crippen LogP contribution in [-0.4, -0.2) is 49.8 Å². The van der Waals surface area contributed by atoms with Crippen molar-refractivity contribution in [2.24, 2.45) is 0 Å². The highest BCUT2D eigenvalue weighted by atomic mass is 32.2. The van der Waals surface area contributed by atoms with Gasteiger partial charge in [-0.2, -0.15) is 4.31 Å². The molecule has 0 radical (unpaired) electrons. The molecule has 1 aliphatic heterocycles.